The highest BCUT2D eigenvalue weighted by Crippen LogP contribution is 2.45. The standard InChI is InChI=1S/C16H22O3/c1-16(2)9-5-6-13(16)15(17)12-8-7-11(18-3)10-14(12)19-4/h7-8,10,13H,5-6,9H2,1-4H3. The zero-order chi connectivity index (χ0) is 14.0. The number of hydrogen-bond donors (Lipinski definition) is 0. The minimum absolute atomic E-state index is 0.0853. The number of Topliss-reactive ketones (excluding diaryl/α,β-unsaturated/α-hetero) is 1. The molecule has 19 heavy (non-hydrogen) atoms. The van der Waals surface area contributed by atoms with Crippen LogP contribution in [0.5, 0.6) is 11.5 Å². The van der Waals surface area contributed by atoms with Crippen LogP contribution in [0.3, 0.4) is 0 Å². The van der Waals surface area contributed by atoms with Crippen molar-refractivity contribution in [1.29, 1.82) is 0 Å². The van der Waals surface area contributed by atoms with Crippen LogP contribution in [0.15, 0.2) is 18.2 Å². The Morgan fingerprint density at radius 1 is 1.26 bits per heavy atom. The second-order valence-electron chi connectivity index (χ2n) is 5.86. The van der Waals surface area contributed by atoms with Gasteiger partial charge in [-0.15, -0.1) is 0 Å². The molecule has 1 aromatic rings. The first-order valence-corrected chi connectivity index (χ1v) is 6.76. The first kappa shape index (κ1) is 13.9. The van der Waals surface area contributed by atoms with E-state index in [4.69, 9.17) is 9.47 Å². The molecule has 1 aliphatic carbocycles. The van der Waals surface area contributed by atoms with Gasteiger partial charge in [0.05, 0.1) is 19.8 Å². The lowest BCUT2D eigenvalue weighted by Crippen LogP contribution is -2.26. The van der Waals surface area contributed by atoms with Gasteiger partial charge in [-0.1, -0.05) is 20.3 Å². The smallest absolute Gasteiger partial charge is 0.170 e. The lowest BCUT2D eigenvalue weighted by Gasteiger charge is -2.26. The number of benzene rings is 1. The Bertz CT molecular complexity index is 477. The predicted octanol–water partition coefficient (Wildman–Crippen LogP) is 3.71. The van der Waals surface area contributed by atoms with Crippen molar-refractivity contribution in [2.45, 2.75) is 33.1 Å². The highest BCUT2D eigenvalue weighted by atomic mass is 16.5. The highest BCUT2D eigenvalue weighted by molar-refractivity contribution is 6.01. The molecule has 0 amide bonds. The fraction of sp³-hybridized carbons (Fsp3) is 0.562. The molecule has 0 aromatic heterocycles. The molecular weight excluding hydrogens is 240 g/mol. The number of methoxy groups -OCH3 is 2. The molecule has 0 aliphatic heterocycles. The molecule has 1 unspecified atom stereocenters. The van der Waals surface area contributed by atoms with E-state index in [0.29, 0.717) is 17.1 Å². The van der Waals surface area contributed by atoms with Gasteiger partial charge in [0.1, 0.15) is 11.5 Å². The van der Waals surface area contributed by atoms with Gasteiger partial charge in [-0.05, 0) is 30.4 Å². The molecule has 0 saturated heterocycles. The van der Waals surface area contributed by atoms with E-state index in [0.717, 1.165) is 19.3 Å². The average Bonchev–Trinajstić information content (AvgIpc) is 2.76. The monoisotopic (exact) mass is 262 g/mol. The average molecular weight is 262 g/mol. The normalized spacial score (nSPS) is 21.2. The zero-order valence-corrected chi connectivity index (χ0v) is 12.2. The van der Waals surface area contributed by atoms with E-state index in [2.05, 4.69) is 13.8 Å². The first-order chi connectivity index (χ1) is 8.99. The molecule has 1 saturated carbocycles. The van der Waals surface area contributed by atoms with E-state index in [1.165, 1.54) is 0 Å². The van der Waals surface area contributed by atoms with Crippen molar-refractivity contribution in [3.05, 3.63) is 23.8 Å². The van der Waals surface area contributed by atoms with Gasteiger partial charge in [0.15, 0.2) is 5.78 Å². The van der Waals surface area contributed by atoms with Gasteiger partial charge in [0.2, 0.25) is 0 Å². The summed E-state index contributed by atoms with van der Waals surface area (Å²) in [7, 11) is 3.20. The molecular formula is C16H22O3. The van der Waals surface area contributed by atoms with Crippen molar-refractivity contribution >= 4 is 5.78 Å². The first-order valence-electron chi connectivity index (χ1n) is 6.76. The third kappa shape index (κ3) is 2.60. The summed E-state index contributed by atoms with van der Waals surface area (Å²) < 4.78 is 10.5. The molecule has 1 aliphatic rings. The second kappa shape index (κ2) is 5.24. The van der Waals surface area contributed by atoms with E-state index < -0.39 is 0 Å². The highest BCUT2D eigenvalue weighted by Gasteiger charge is 2.40. The summed E-state index contributed by atoms with van der Waals surface area (Å²) in [4.78, 5) is 12.7. The second-order valence-corrected chi connectivity index (χ2v) is 5.86. The predicted molar refractivity (Wildman–Crippen MR) is 75.0 cm³/mol. The molecule has 3 nitrogen and oxygen atoms in total. The van der Waals surface area contributed by atoms with Crippen LogP contribution in [0.2, 0.25) is 0 Å². The zero-order valence-electron chi connectivity index (χ0n) is 12.2. The summed E-state index contributed by atoms with van der Waals surface area (Å²) in [5, 5.41) is 0. The van der Waals surface area contributed by atoms with Crippen LogP contribution in [0.4, 0.5) is 0 Å². The van der Waals surface area contributed by atoms with Gasteiger partial charge < -0.3 is 9.47 Å². The van der Waals surface area contributed by atoms with Crippen molar-refractivity contribution in [3.8, 4) is 11.5 Å². The molecule has 1 aromatic carbocycles. The van der Waals surface area contributed by atoms with Crippen LogP contribution < -0.4 is 9.47 Å². The van der Waals surface area contributed by atoms with Crippen LogP contribution in [-0.4, -0.2) is 20.0 Å². The number of ether oxygens (including phenoxy) is 2. The Morgan fingerprint density at radius 3 is 2.53 bits per heavy atom. The Labute approximate surface area is 114 Å². The summed E-state index contributed by atoms with van der Waals surface area (Å²) in [5.74, 6) is 1.60. The van der Waals surface area contributed by atoms with Crippen LogP contribution in [0.1, 0.15) is 43.5 Å². The summed E-state index contributed by atoms with van der Waals surface area (Å²) in [6.07, 6.45) is 3.21. The fourth-order valence-corrected chi connectivity index (χ4v) is 3.00. The van der Waals surface area contributed by atoms with E-state index in [1.54, 1.807) is 20.3 Å². The number of rotatable bonds is 4. The largest absolute Gasteiger partial charge is 0.497 e. The van der Waals surface area contributed by atoms with E-state index in [1.807, 2.05) is 12.1 Å². The van der Waals surface area contributed by atoms with Crippen LogP contribution in [0.25, 0.3) is 0 Å². The number of ketones is 1. The molecule has 1 fully saturated rings. The maximum absolute atomic E-state index is 12.7. The Hall–Kier alpha value is -1.51. The lowest BCUT2D eigenvalue weighted by molar-refractivity contribution is 0.0836. The van der Waals surface area contributed by atoms with Crippen LogP contribution in [-0.2, 0) is 0 Å². The van der Waals surface area contributed by atoms with Gasteiger partial charge in [0, 0.05) is 12.0 Å². The maximum Gasteiger partial charge on any atom is 0.170 e. The minimum atomic E-state index is 0.0853. The minimum Gasteiger partial charge on any atom is -0.497 e. The molecule has 0 bridgehead atoms. The number of carbonyl (C=O) groups excluding carboxylic acids is 1. The molecule has 1 atom stereocenters. The third-order valence-electron chi connectivity index (χ3n) is 4.25. The molecule has 0 N–H and O–H groups in total. The summed E-state index contributed by atoms with van der Waals surface area (Å²) in [5.41, 5.74) is 0.755. The van der Waals surface area contributed by atoms with Crippen molar-refractivity contribution in [1.82, 2.24) is 0 Å². The molecule has 0 radical (unpaired) electrons. The van der Waals surface area contributed by atoms with Crippen molar-refractivity contribution in [3.63, 3.8) is 0 Å². The van der Waals surface area contributed by atoms with Gasteiger partial charge in [-0.3, -0.25) is 4.79 Å². The Balaban J connectivity index is 2.33. The molecule has 3 heteroatoms. The van der Waals surface area contributed by atoms with E-state index in [9.17, 15) is 4.79 Å². The van der Waals surface area contributed by atoms with Gasteiger partial charge in [-0.25, -0.2) is 0 Å². The van der Waals surface area contributed by atoms with Gasteiger partial charge in [-0.2, -0.15) is 0 Å². The quantitative estimate of drug-likeness (QED) is 0.776. The Kier molecular flexibility index (Phi) is 3.83. The van der Waals surface area contributed by atoms with Gasteiger partial charge >= 0.3 is 0 Å². The summed E-state index contributed by atoms with van der Waals surface area (Å²) >= 11 is 0. The van der Waals surface area contributed by atoms with Crippen molar-refractivity contribution < 1.29 is 14.3 Å². The molecule has 0 spiro atoms. The molecule has 0 heterocycles. The summed E-state index contributed by atoms with van der Waals surface area (Å²) in [6.45, 7) is 4.36. The SMILES string of the molecule is COc1ccc(C(=O)C2CCCC2(C)C)c(OC)c1. The lowest BCUT2D eigenvalue weighted by atomic mass is 9.77. The van der Waals surface area contributed by atoms with E-state index in [-0.39, 0.29) is 17.1 Å². The van der Waals surface area contributed by atoms with E-state index >= 15 is 0 Å². The third-order valence-corrected chi connectivity index (χ3v) is 4.25. The molecule has 2 rings (SSSR count). The molecule has 104 valence electrons. The van der Waals surface area contributed by atoms with Crippen molar-refractivity contribution in [2.24, 2.45) is 11.3 Å². The topological polar surface area (TPSA) is 35.5 Å². The summed E-state index contributed by atoms with van der Waals surface area (Å²) in [6, 6.07) is 5.40. The number of carbonyl (C=O) groups is 1. The van der Waals surface area contributed by atoms with Gasteiger partial charge in [0.25, 0.3) is 0 Å². The Morgan fingerprint density at radius 2 is 2.00 bits per heavy atom. The van der Waals surface area contributed by atoms with Crippen molar-refractivity contribution in [2.75, 3.05) is 14.2 Å². The fourth-order valence-electron chi connectivity index (χ4n) is 3.00. The maximum atomic E-state index is 12.7. The number of hydrogen-bond acceptors (Lipinski definition) is 3. The van der Waals surface area contributed by atoms with Crippen LogP contribution in [0, 0.1) is 11.3 Å². The van der Waals surface area contributed by atoms with Crippen LogP contribution >= 0.6 is 0 Å².